The van der Waals surface area contributed by atoms with Gasteiger partial charge >= 0.3 is 0 Å². The summed E-state index contributed by atoms with van der Waals surface area (Å²) >= 11 is 0. The van der Waals surface area contributed by atoms with Gasteiger partial charge in [0, 0.05) is 22.6 Å². The van der Waals surface area contributed by atoms with Gasteiger partial charge in [0.25, 0.3) is 0 Å². The second-order valence-electron chi connectivity index (χ2n) is 6.53. The van der Waals surface area contributed by atoms with E-state index in [0.29, 0.717) is 6.04 Å². The van der Waals surface area contributed by atoms with Gasteiger partial charge in [-0.25, -0.2) is 0 Å². The van der Waals surface area contributed by atoms with Crippen LogP contribution < -0.4 is 5.32 Å². The first kappa shape index (κ1) is 14.6. The van der Waals surface area contributed by atoms with Gasteiger partial charge in [0.2, 0.25) is 0 Å². The second kappa shape index (κ2) is 6.63. The van der Waals surface area contributed by atoms with Crippen molar-refractivity contribution >= 4 is 10.9 Å². The van der Waals surface area contributed by atoms with Crippen LogP contribution in [0.4, 0.5) is 0 Å². The molecular formula is C18H27N3. The molecule has 0 saturated heterocycles. The SMILES string of the molecule is CN(C)CCCCNC1CCc2[nH]c3ccccc3c2C1. The lowest BCUT2D eigenvalue weighted by Gasteiger charge is -2.24. The summed E-state index contributed by atoms with van der Waals surface area (Å²) in [5.74, 6) is 0. The van der Waals surface area contributed by atoms with Crippen molar-refractivity contribution in [3.05, 3.63) is 35.5 Å². The summed E-state index contributed by atoms with van der Waals surface area (Å²) in [5, 5.41) is 5.18. The number of fused-ring (bicyclic) bond motifs is 3. The number of aryl methyl sites for hydroxylation is 1. The first-order valence-electron chi connectivity index (χ1n) is 8.20. The molecule has 1 heterocycles. The molecule has 1 aliphatic rings. The van der Waals surface area contributed by atoms with Gasteiger partial charge in [-0.1, -0.05) is 18.2 Å². The Bertz CT molecular complexity index is 585. The highest BCUT2D eigenvalue weighted by Crippen LogP contribution is 2.28. The van der Waals surface area contributed by atoms with Crippen molar-refractivity contribution in [1.29, 1.82) is 0 Å². The van der Waals surface area contributed by atoms with Crippen LogP contribution in [0, 0.1) is 0 Å². The molecule has 0 radical (unpaired) electrons. The zero-order valence-corrected chi connectivity index (χ0v) is 13.3. The summed E-state index contributed by atoms with van der Waals surface area (Å²) < 4.78 is 0. The van der Waals surface area contributed by atoms with Crippen molar-refractivity contribution in [3.8, 4) is 0 Å². The van der Waals surface area contributed by atoms with Crippen LogP contribution in [0.2, 0.25) is 0 Å². The number of hydrogen-bond donors (Lipinski definition) is 2. The van der Waals surface area contributed by atoms with Gasteiger partial charge in [0.15, 0.2) is 0 Å². The number of rotatable bonds is 6. The molecule has 1 unspecified atom stereocenters. The smallest absolute Gasteiger partial charge is 0.0458 e. The molecule has 0 fully saturated rings. The second-order valence-corrected chi connectivity index (χ2v) is 6.53. The lowest BCUT2D eigenvalue weighted by molar-refractivity contribution is 0.383. The van der Waals surface area contributed by atoms with Crippen LogP contribution in [-0.4, -0.2) is 43.1 Å². The molecule has 0 bridgehead atoms. The summed E-state index contributed by atoms with van der Waals surface area (Å²) in [6.45, 7) is 2.34. The molecule has 0 spiro atoms. The Morgan fingerprint density at radius 3 is 2.95 bits per heavy atom. The summed E-state index contributed by atoms with van der Waals surface area (Å²) in [6.07, 6.45) is 6.17. The van der Waals surface area contributed by atoms with E-state index in [-0.39, 0.29) is 0 Å². The van der Waals surface area contributed by atoms with E-state index in [1.165, 1.54) is 55.2 Å². The van der Waals surface area contributed by atoms with Crippen molar-refractivity contribution in [2.24, 2.45) is 0 Å². The minimum atomic E-state index is 0.649. The molecule has 2 aromatic rings. The average Bonchev–Trinajstić information content (AvgIpc) is 2.84. The lowest BCUT2D eigenvalue weighted by Crippen LogP contribution is -2.35. The van der Waals surface area contributed by atoms with Gasteiger partial charge in [-0.2, -0.15) is 0 Å². The minimum Gasteiger partial charge on any atom is -0.358 e. The van der Waals surface area contributed by atoms with Gasteiger partial charge in [-0.15, -0.1) is 0 Å². The van der Waals surface area contributed by atoms with Gasteiger partial charge in [0.05, 0.1) is 0 Å². The Kier molecular flexibility index (Phi) is 4.61. The Hall–Kier alpha value is -1.32. The maximum atomic E-state index is 3.76. The predicted molar refractivity (Wildman–Crippen MR) is 89.9 cm³/mol. The molecule has 1 aromatic carbocycles. The van der Waals surface area contributed by atoms with Crippen LogP contribution in [-0.2, 0) is 12.8 Å². The van der Waals surface area contributed by atoms with Crippen molar-refractivity contribution in [1.82, 2.24) is 15.2 Å². The predicted octanol–water partition coefficient (Wildman–Crippen LogP) is 2.96. The quantitative estimate of drug-likeness (QED) is 0.800. The third-order valence-corrected chi connectivity index (χ3v) is 4.56. The summed E-state index contributed by atoms with van der Waals surface area (Å²) in [6, 6.07) is 9.36. The largest absolute Gasteiger partial charge is 0.358 e. The maximum absolute atomic E-state index is 3.76. The van der Waals surface area contributed by atoms with Gasteiger partial charge < -0.3 is 15.2 Å². The molecule has 1 aromatic heterocycles. The maximum Gasteiger partial charge on any atom is 0.0458 e. The van der Waals surface area contributed by atoms with E-state index in [0.717, 1.165) is 6.54 Å². The number of para-hydroxylation sites is 1. The van der Waals surface area contributed by atoms with E-state index in [9.17, 15) is 0 Å². The molecular weight excluding hydrogens is 258 g/mol. The van der Waals surface area contributed by atoms with E-state index < -0.39 is 0 Å². The number of hydrogen-bond acceptors (Lipinski definition) is 2. The lowest BCUT2D eigenvalue weighted by atomic mass is 9.91. The van der Waals surface area contributed by atoms with Gasteiger partial charge in [-0.3, -0.25) is 0 Å². The Labute approximate surface area is 127 Å². The van der Waals surface area contributed by atoms with Gasteiger partial charge in [-0.05, 0) is 70.9 Å². The molecule has 114 valence electrons. The zero-order valence-electron chi connectivity index (χ0n) is 13.3. The van der Waals surface area contributed by atoms with E-state index in [2.05, 4.69) is 53.6 Å². The standard InChI is InChI=1S/C18H27N3/c1-21(2)12-6-5-11-19-14-9-10-18-16(13-14)15-7-3-4-8-17(15)20-18/h3-4,7-8,14,19-20H,5-6,9-13H2,1-2H3. The normalized spacial score (nSPS) is 18.3. The zero-order chi connectivity index (χ0) is 14.7. The fraction of sp³-hybridized carbons (Fsp3) is 0.556. The summed E-state index contributed by atoms with van der Waals surface area (Å²) in [5.41, 5.74) is 4.30. The van der Waals surface area contributed by atoms with E-state index in [4.69, 9.17) is 0 Å². The number of nitrogens with one attached hydrogen (secondary N) is 2. The fourth-order valence-corrected chi connectivity index (χ4v) is 3.40. The van der Waals surface area contributed by atoms with Crippen LogP contribution in [0.15, 0.2) is 24.3 Å². The fourth-order valence-electron chi connectivity index (χ4n) is 3.40. The number of aromatic nitrogens is 1. The number of H-pyrrole nitrogens is 1. The molecule has 2 N–H and O–H groups in total. The topological polar surface area (TPSA) is 31.1 Å². The first-order chi connectivity index (χ1) is 10.2. The molecule has 3 rings (SSSR count). The van der Waals surface area contributed by atoms with Crippen LogP contribution in [0.1, 0.15) is 30.5 Å². The minimum absolute atomic E-state index is 0.649. The molecule has 0 saturated carbocycles. The Balaban J connectivity index is 1.55. The third kappa shape index (κ3) is 3.47. The molecule has 3 heteroatoms. The number of nitrogens with zero attached hydrogens (tertiary/aromatic N) is 1. The van der Waals surface area contributed by atoms with Crippen LogP contribution >= 0.6 is 0 Å². The average molecular weight is 285 g/mol. The highest BCUT2D eigenvalue weighted by atomic mass is 15.0. The molecule has 3 nitrogen and oxygen atoms in total. The number of unbranched alkanes of at least 4 members (excludes halogenated alkanes) is 1. The van der Waals surface area contributed by atoms with Crippen LogP contribution in [0.3, 0.4) is 0 Å². The molecule has 1 aliphatic carbocycles. The van der Waals surface area contributed by atoms with Crippen molar-refractivity contribution in [3.63, 3.8) is 0 Å². The van der Waals surface area contributed by atoms with Gasteiger partial charge in [0.1, 0.15) is 0 Å². The highest BCUT2D eigenvalue weighted by Gasteiger charge is 2.21. The van der Waals surface area contributed by atoms with Crippen molar-refractivity contribution in [2.45, 2.75) is 38.1 Å². The van der Waals surface area contributed by atoms with Crippen LogP contribution in [0.25, 0.3) is 10.9 Å². The Morgan fingerprint density at radius 1 is 1.24 bits per heavy atom. The molecule has 0 amide bonds. The monoisotopic (exact) mass is 285 g/mol. The Morgan fingerprint density at radius 2 is 2.10 bits per heavy atom. The van der Waals surface area contributed by atoms with E-state index in [1.54, 1.807) is 5.56 Å². The van der Waals surface area contributed by atoms with E-state index in [1.807, 2.05) is 0 Å². The third-order valence-electron chi connectivity index (χ3n) is 4.56. The number of benzene rings is 1. The first-order valence-corrected chi connectivity index (χ1v) is 8.20. The number of aromatic amines is 1. The van der Waals surface area contributed by atoms with Crippen molar-refractivity contribution in [2.75, 3.05) is 27.2 Å². The van der Waals surface area contributed by atoms with Crippen LogP contribution in [0.5, 0.6) is 0 Å². The summed E-state index contributed by atoms with van der Waals surface area (Å²) in [7, 11) is 4.29. The molecule has 21 heavy (non-hydrogen) atoms. The molecule has 0 aliphatic heterocycles. The van der Waals surface area contributed by atoms with E-state index >= 15 is 0 Å². The van der Waals surface area contributed by atoms with Crippen molar-refractivity contribution < 1.29 is 0 Å². The summed E-state index contributed by atoms with van der Waals surface area (Å²) in [4.78, 5) is 5.85. The highest BCUT2D eigenvalue weighted by molar-refractivity contribution is 5.84. The molecule has 1 atom stereocenters.